The summed E-state index contributed by atoms with van der Waals surface area (Å²) in [5.41, 5.74) is 4.98. The second kappa shape index (κ2) is 16.1. The molecule has 0 aliphatic heterocycles. The largest absolute Gasteiger partial charge is 0.394 e. The fraction of sp³-hybridized carbons (Fsp3) is 0.786. The maximum atomic E-state index is 10.4. The van der Waals surface area contributed by atoms with Gasteiger partial charge in [0.15, 0.2) is 0 Å². The van der Waals surface area contributed by atoms with Crippen LogP contribution in [0.3, 0.4) is 0 Å². The van der Waals surface area contributed by atoms with E-state index in [-0.39, 0.29) is 63.2 Å². The number of aliphatic hydroxyl groups is 2. The molecule has 0 saturated heterocycles. The molecule has 0 saturated carbocycles. The lowest BCUT2D eigenvalue weighted by atomic mass is 10.1. The van der Waals surface area contributed by atoms with Gasteiger partial charge >= 0.3 is 0 Å². The molecular weight excluding hydrogens is 380 g/mol. The number of hydrogen-bond donors (Lipinski definition) is 11. The second-order valence-electron chi connectivity index (χ2n) is 5.59. The zero-order valence-corrected chi connectivity index (χ0v) is 15.3. The molecule has 0 spiro atoms. The Labute approximate surface area is 161 Å². The van der Waals surface area contributed by atoms with Crippen molar-refractivity contribution in [2.45, 2.75) is 37.6 Å². The van der Waals surface area contributed by atoms with Crippen molar-refractivity contribution >= 4 is 17.5 Å². The van der Waals surface area contributed by atoms with E-state index in [0.717, 1.165) is 0 Å². The maximum absolute atomic E-state index is 10.4. The number of amidine groups is 3. The summed E-state index contributed by atoms with van der Waals surface area (Å²) in [7, 11) is 0. The number of nitrogens with one attached hydrogen (secondary N) is 6. The smallest absolute Gasteiger partial charge is 0.120 e. The molecule has 164 valence electrons. The number of ether oxygens (including phenoxy) is 3. The van der Waals surface area contributed by atoms with Crippen molar-refractivity contribution < 1.29 is 40.0 Å². The Kier molecular flexibility index (Phi) is 15.0. The van der Waals surface area contributed by atoms with Crippen molar-refractivity contribution in [2.75, 3.05) is 33.0 Å². The topological polar surface area (TPSA) is 236 Å². The van der Waals surface area contributed by atoms with E-state index in [1.165, 1.54) is 0 Å². The Bertz CT molecular complexity index is 469. The molecule has 0 aliphatic rings. The fourth-order valence-corrected chi connectivity index (χ4v) is 1.91. The minimum absolute atomic E-state index is 0.0251. The Morgan fingerprint density at radius 1 is 0.750 bits per heavy atom. The average Bonchev–Trinajstić information content (AvgIpc) is 2.71. The molecule has 11 N–H and O–H groups in total. The summed E-state index contributed by atoms with van der Waals surface area (Å²) in [6.07, 6.45) is -3.20. The standard InChI is InChI=1S/C14H30N6O8/c15-11(18-23)1-4-26-8-10(28-6-3-13(17)20-25)14(22)9(7-21)27-5-2-12(16)19-24/h9-10,14,21-25H,1-8H2,(H2,15,18)(H2,16,19)(H2,17,20). The molecule has 0 fully saturated rings. The monoisotopic (exact) mass is 410 g/mol. The Morgan fingerprint density at radius 3 is 1.61 bits per heavy atom. The van der Waals surface area contributed by atoms with Crippen LogP contribution in [0.4, 0.5) is 0 Å². The third kappa shape index (κ3) is 11.7. The van der Waals surface area contributed by atoms with Gasteiger partial charge < -0.3 is 24.4 Å². The minimum atomic E-state index is -1.33. The number of hydrogen-bond acceptors (Lipinski definition) is 11. The molecule has 0 heterocycles. The molecule has 0 amide bonds. The predicted octanol–water partition coefficient (Wildman–Crippen LogP) is -1.83. The normalized spacial score (nSPS) is 14.0. The summed E-state index contributed by atoms with van der Waals surface area (Å²) in [5.74, 6) is -0.545. The Hall–Kier alpha value is -1.91. The van der Waals surface area contributed by atoms with Crippen molar-refractivity contribution in [3.63, 3.8) is 0 Å². The molecule has 14 heteroatoms. The average molecular weight is 410 g/mol. The van der Waals surface area contributed by atoms with Gasteiger partial charge in [0.2, 0.25) is 0 Å². The number of aliphatic hydroxyl groups excluding tert-OH is 2. The molecular formula is C14H30N6O8. The molecule has 0 aromatic heterocycles. The van der Waals surface area contributed by atoms with Crippen LogP contribution < -0.4 is 16.4 Å². The molecule has 28 heavy (non-hydrogen) atoms. The third-order valence-electron chi connectivity index (χ3n) is 3.49. The molecule has 14 nitrogen and oxygen atoms in total. The SMILES string of the molecule is N=C(CCOCC(OCCC(=N)NO)C(O)C(CO)OCCC(=N)NO)NO. The second-order valence-corrected chi connectivity index (χ2v) is 5.59. The van der Waals surface area contributed by atoms with Crippen LogP contribution >= 0.6 is 0 Å². The highest BCUT2D eigenvalue weighted by molar-refractivity contribution is 5.78. The predicted molar refractivity (Wildman–Crippen MR) is 95.2 cm³/mol. The number of rotatable bonds is 16. The first-order valence-corrected chi connectivity index (χ1v) is 8.42. The van der Waals surface area contributed by atoms with E-state index < -0.39 is 24.9 Å². The van der Waals surface area contributed by atoms with Gasteiger partial charge in [-0.15, -0.1) is 0 Å². The van der Waals surface area contributed by atoms with Crippen molar-refractivity contribution in [1.82, 2.24) is 16.4 Å². The van der Waals surface area contributed by atoms with Crippen molar-refractivity contribution in [3.05, 3.63) is 0 Å². The lowest BCUT2D eigenvalue weighted by molar-refractivity contribution is -0.140. The van der Waals surface area contributed by atoms with E-state index in [9.17, 15) is 10.2 Å². The summed E-state index contributed by atoms with van der Waals surface area (Å²) in [6.45, 7) is -0.720. The van der Waals surface area contributed by atoms with Crippen molar-refractivity contribution in [1.29, 1.82) is 16.2 Å². The van der Waals surface area contributed by atoms with Gasteiger partial charge in [0, 0.05) is 19.3 Å². The molecule has 3 unspecified atom stereocenters. The summed E-state index contributed by atoms with van der Waals surface area (Å²) >= 11 is 0. The van der Waals surface area contributed by atoms with E-state index in [1.807, 2.05) is 0 Å². The molecule has 0 aromatic rings. The van der Waals surface area contributed by atoms with Crippen LogP contribution in [-0.2, 0) is 14.2 Å². The van der Waals surface area contributed by atoms with Crippen molar-refractivity contribution in [3.8, 4) is 0 Å². The van der Waals surface area contributed by atoms with E-state index in [2.05, 4.69) is 0 Å². The van der Waals surface area contributed by atoms with Gasteiger partial charge in [-0.1, -0.05) is 0 Å². The molecule has 0 aliphatic carbocycles. The van der Waals surface area contributed by atoms with E-state index >= 15 is 0 Å². The summed E-state index contributed by atoms with van der Waals surface area (Å²) in [5, 5.41) is 67.4. The van der Waals surface area contributed by atoms with Crippen LogP contribution in [0.25, 0.3) is 0 Å². The zero-order chi connectivity index (χ0) is 21.4. The highest BCUT2D eigenvalue weighted by Crippen LogP contribution is 2.10. The van der Waals surface area contributed by atoms with Gasteiger partial charge in [0.1, 0.15) is 35.8 Å². The van der Waals surface area contributed by atoms with Gasteiger partial charge in [-0.3, -0.25) is 48.3 Å². The summed E-state index contributed by atoms with van der Waals surface area (Å²) in [6, 6.07) is 0. The minimum Gasteiger partial charge on any atom is -0.394 e. The van der Waals surface area contributed by atoms with Gasteiger partial charge in [-0.2, -0.15) is 0 Å². The van der Waals surface area contributed by atoms with Gasteiger partial charge in [-0.25, -0.2) is 0 Å². The van der Waals surface area contributed by atoms with Crippen LogP contribution in [-0.4, -0.2) is 94.7 Å². The molecule has 0 rings (SSSR count). The van der Waals surface area contributed by atoms with Gasteiger partial charge in [0.05, 0.1) is 33.0 Å². The zero-order valence-electron chi connectivity index (χ0n) is 15.3. The van der Waals surface area contributed by atoms with Gasteiger partial charge in [-0.05, 0) is 0 Å². The number of hydroxylamine groups is 3. The van der Waals surface area contributed by atoms with Crippen LogP contribution in [0.1, 0.15) is 19.3 Å². The Morgan fingerprint density at radius 2 is 1.18 bits per heavy atom. The summed E-state index contributed by atoms with van der Waals surface area (Å²) < 4.78 is 16.1. The van der Waals surface area contributed by atoms with E-state index in [0.29, 0.717) is 0 Å². The van der Waals surface area contributed by atoms with Gasteiger partial charge in [0.25, 0.3) is 0 Å². The highest BCUT2D eigenvalue weighted by Gasteiger charge is 2.29. The lowest BCUT2D eigenvalue weighted by Crippen LogP contribution is -2.45. The molecule has 0 radical (unpaired) electrons. The molecule has 0 bridgehead atoms. The summed E-state index contributed by atoms with van der Waals surface area (Å²) in [4.78, 5) is 0. The van der Waals surface area contributed by atoms with Crippen LogP contribution in [0.5, 0.6) is 0 Å². The van der Waals surface area contributed by atoms with E-state index in [4.69, 9.17) is 46.1 Å². The van der Waals surface area contributed by atoms with Crippen LogP contribution in [0.15, 0.2) is 0 Å². The lowest BCUT2D eigenvalue weighted by Gasteiger charge is -2.29. The van der Waals surface area contributed by atoms with Crippen molar-refractivity contribution in [2.24, 2.45) is 0 Å². The quantitative estimate of drug-likeness (QED) is 0.0585. The third-order valence-corrected chi connectivity index (χ3v) is 3.49. The first-order valence-electron chi connectivity index (χ1n) is 8.42. The van der Waals surface area contributed by atoms with Crippen LogP contribution in [0, 0.1) is 16.2 Å². The molecule has 0 aromatic carbocycles. The highest BCUT2D eigenvalue weighted by atomic mass is 16.6. The van der Waals surface area contributed by atoms with Crippen LogP contribution in [0.2, 0.25) is 0 Å². The first kappa shape index (κ1) is 26.1. The first-order chi connectivity index (χ1) is 13.4. The van der Waals surface area contributed by atoms with E-state index in [1.54, 1.807) is 16.4 Å². The Balaban J connectivity index is 4.68. The molecule has 3 atom stereocenters. The fourth-order valence-electron chi connectivity index (χ4n) is 1.91. The maximum Gasteiger partial charge on any atom is 0.120 e.